The Morgan fingerprint density at radius 3 is 2.31 bits per heavy atom. The van der Waals surface area contributed by atoms with Gasteiger partial charge in [0.2, 0.25) is 0 Å². The molecule has 11 heteroatoms. The number of aromatic nitrogens is 1. The van der Waals surface area contributed by atoms with Crippen LogP contribution in [-0.2, 0) is 26.1 Å². The number of hydrogen-bond donors (Lipinski definition) is 0. The van der Waals surface area contributed by atoms with Crippen LogP contribution in [-0.4, -0.2) is 91.7 Å². The Bertz CT molecular complexity index is 1520. The van der Waals surface area contributed by atoms with Gasteiger partial charge in [-0.3, -0.25) is 0 Å². The van der Waals surface area contributed by atoms with Crippen LogP contribution in [0.5, 0.6) is 11.5 Å². The molecule has 3 aliphatic rings. The predicted octanol–water partition coefficient (Wildman–Crippen LogP) is 2.33. The minimum absolute atomic E-state index is 0.0777. The summed E-state index contributed by atoms with van der Waals surface area (Å²) in [6, 6.07) is 12.2. The van der Waals surface area contributed by atoms with E-state index in [0.29, 0.717) is 69.9 Å². The number of hydrogen-bond acceptors (Lipinski definition) is 9. The summed E-state index contributed by atoms with van der Waals surface area (Å²) in [5.74, 6) is 0.583. The van der Waals surface area contributed by atoms with E-state index in [1.165, 1.54) is 3.40 Å². The van der Waals surface area contributed by atoms with Gasteiger partial charge in [-0.1, -0.05) is 0 Å². The van der Waals surface area contributed by atoms with Crippen LogP contribution in [0.1, 0.15) is 10.6 Å². The van der Waals surface area contributed by atoms with Gasteiger partial charge in [0.15, 0.2) is 0 Å². The summed E-state index contributed by atoms with van der Waals surface area (Å²) in [7, 11) is 1.98. The number of ether oxygens (including phenoxy) is 5. The molecule has 2 aromatic carbocycles. The average molecular weight is 706 g/mol. The van der Waals surface area contributed by atoms with E-state index in [9.17, 15) is 9.90 Å². The third-order valence-electron chi connectivity index (χ3n) is 7.42. The van der Waals surface area contributed by atoms with E-state index in [2.05, 4.69) is 28.5 Å². The van der Waals surface area contributed by atoms with Gasteiger partial charge in [-0.05, 0) is 0 Å². The first-order valence-electron chi connectivity index (χ1n) is 14.2. The normalized spacial score (nSPS) is 24.0. The Kier molecular flexibility index (Phi) is 9.56. The quantitative estimate of drug-likeness (QED) is 0.231. The maximum absolute atomic E-state index is 13.3. The van der Waals surface area contributed by atoms with E-state index in [1.807, 2.05) is 43.5 Å². The number of para-hydroxylation sites is 1. The molecule has 0 amide bonds. The van der Waals surface area contributed by atoms with E-state index in [1.54, 1.807) is 11.8 Å². The van der Waals surface area contributed by atoms with E-state index in [0.717, 1.165) is 31.4 Å². The van der Waals surface area contributed by atoms with Crippen molar-refractivity contribution in [3.63, 3.8) is 0 Å². The second-order valence-electron chi connectivity index (χ2n) is 10.0. The van der Waals surface area contributed by atoms with Gasteiger partial charge in [0, 0.05) is 0 Å². The zero-order chi connectivity index (χ0) is 29.1. The Hall–Kier alpha value is -2.36. The van der Waals surface area contributed by atoms with Gasteiger partial charge in [0.05, 0.1) is 0 Å². The first kappa shape index (κ1) is 29.7. The molecule has 6 rings (SSSR count). The predicted molar refractivity (Wildman–Crippen MR) is 159 cm³/mol. The number of fused-ring (bicyclic) bond motifs is 3. The number of aryl methyl sites for hydroxylation is 1. The molecule has 9 nitrogen and oxygen atoms in total. The molecule has 0 saturated heterocycles. The van der Waals surface area contributed by atoms with Gasteiger partial charge in [-0.25, -0.2) is 0 Å². The molecule has 2 unspecified atom stereocenters. The number of Topliss-reactive ketones (excluding diaryl/α,β-unsaturated/α-hetero) is 1. The molecule has 2 aliphatic heterocycles. The van der Waals surface area contributed by atoms with Crippen LogP contribution in [0.4, 0.5) is 5.69 Å². The molecule has 3 heterocycles. The van der Waals surface area contributed by atoms with Crippen molar-refractivity contribution in [1.29, 1.82) is 0 Å². The Morgan fingerprint density at radius 1 is 1.00 bits per heavy atom. The Morgan fingerprint density at radius 2 is 1.64 bits per heavy atom. The van der Waals surface area contributed by atoms with E-state index >= 15 is 0 Å². The molecule has 2 atom stereocenters. The first-order chi connectivity index (χ1) is 20.5. The summed E-state index contributed by atoms with van der Waals surface area (Å²) in [6.45, 7) is 6.56. The molecule has 0 N–H and O–H groups in total. The first-order valence-corrected chi connectivity index (χ1v) is 17.3. The number of thioether (sulfide) groups is 1. The van der Waals surface area contributed by atoms with Crippen LogP contribution >= 0.6 is 11.8 Å². The van der Waals surface area contributed by atoms with Crippen molar-refractivity contribution in [1.82, 2.24) is 0 Å². The third kappa shape index (κ3) is 6.15. The van der Waals surface area contributed by atoms with Crippen LogP contribution in [0.15, 0.2) is 58.0 Å². The zero-order valence-corrected chi connectivity index (χ0v) is 26.9. The number of rotatable bonds is 3. The van der Waals surface area contributed by atoms with Gasteiger partial charge in [-0.2, -0.15) is 0 Å². The SMILES string of the molecule is CCN1/C(=C/C2C(=O)/C(=C/c3[te]c4cc5c(cc4[n+]3C)OCCOCCOCCOCCO5)C2[O-])Sc2ccccc21. The fourth-order valence-electron chi connectivity index (χ4n) is 5.16. The van der Waals surface area contributed by atoms with Crippen molar-refractivity contribution in [3.8, 4) is 11.5 Å². The van der Waals surface area contributed by atoms with E-state index in [-0.39, 0.29) is 5.78 Å². The maximum atomic E-state index is 13.3. The number of carbonyl (C=O) groups is 1. The number of anilines is 1. The molecule has 1 saturated carbocycles. The molecule has 1 aliphatic carbocycles. The molecular formula is C31H34N2O7STe. The van der Waals surface area contributed by atoms with E-state index in [4.69, 9.17) is 23.7 Å². The standard InChI is InChI=1S/C31H34N2O7STe/c1-3-33-22-6-4-5-7-26(22)41-28(33)16-20-30(34)21(31(20)35)17-29-32(2)23-18-24-25(19-27(23)42-29)40-15-13-38-11-9-36-8-10-37-12-14-39-24/h4-7,16-20,30H,3,8-15H2,1-2H3/b21-17+,28-16-. The second-order valence-corrected chi connectivity index (χ2v) is 14.1. The van der Waals surface area contributed by atoms with Gasteiger partial charge in [0.1, 0.15) is 0 Å². The van der Waals surface area contributed by atoms with Gasteiger partial charge in [-0.15, -0.1) is 0 Å². The van der Waals surface area contributed by atoms with Crippen LogP contribution in [0.2, 0.25) is 0 Å². The molecule has 222 valence electrons. The summed E-state index contributed by atoms with van der Waals surface area (Å²) < 4.78 is 33.1. The van der Waals surface area contributed by atoms with Crippen molar-refractivity contribution in [3.05, 3.63) is 56.8 Å². The fourth-order valence-corrected chi connectivity index (χ4v) is 9.55. The molecular weight excluding hydrogens is 672 g/mol. The number of nitrogens with zero attached hydrogens (tertiary/aromatic N) is 2. The summed E-state index contributed by atoms with van der Waals surface area (Å²) in [5, 5.41) is 14.3. The van der Waals surface area contributed by atoms with Crippen LogP contribution < -0.4 is 24.0 Å². The van der Waals surface area contributed by atoms with Crippen molar-refractivity contribution in [2.45, 2.75) is 17.9 Å². The molecule has 0 bridgehead atoms. The summed E-state index contributed by atoms with van der Waals surface area (Å²) >= 11 is 0.778. The van der Waals surface area contributed by atoms with Gasteiger partial charge in [0.25, 0.3) is 0 Å². The second kappa shape index (κ2) is 13.5. The number of carbonyl (C=O) groups excluding carboxylic acids is 1. The van der Waals surface area contributed by atoms with Crippen molar-refractivity contribution >= 4 is 58.7 Å². The monoisotopic (exact) mass is 708 g/mol. The van der Waals surface area contributed by atoms with Gasteiger partial charge < -0.3 is 0 Å². The van der Waals surface area contributed by atoms with Gasteiger partial charge >= 0.3 is 260 Å². The molecule has 42 heavy (non-hydrogen) atoms. The fraction of sp³-hybridized carbons (Fsp3) is 0.419. The van der Waals surface area contributed by atoms with Crippen molar-refractivity contribution in [2.24, 2.45) is 13.0 Å². The summed E-state index contributed by atoms with van der Waals surface area (Å²) in [6.07, 6.45) is 2.64. The van der Waals surface area contributed by atoms with Crippen LogP contribution in [0.25, 0.3) is 15.0 Å². The molecule has 1 fully saturated rings. The Balaban J connectivity index is 1.22. The number of ketones is 1. The molecule has 0 spiro atoms. The van der Waals surface area contributed by atoms with Crippen molar-refractivity contribution in [2.75, 3.05) is 64.3 Å². The molecule has 0 radical (unpaired) electrons. The zero-order valence-electron chi connectivity index (χ0n) is 23.7. The summed E-state index contributed by atoms with van der Waals surface area (Å²) in [5.41, 5.74) is 2.51. The third-order valence-corrected chi connectivity index (χ3v) is 11.8. The van der Waals surface area contributed by atoms with Crippen molar-refractivity contribution < 1.29 is 38.2 Å². The molecule has 1 aromatic heterocycles. The van der Waals surface area contributed by atoms with Crippen LogP contribution in [0.3, 0.4) is 0 Å². The average Bonchev–Trinajstić information content (AvgIpc) is 3.51. The van der Waals surface area contributed by atoms with E-state index < -0.39 is 32.5 Å². The topological polar surface area (TPSA) is 93.4 Å². The molecule has 3 aromatic rings. The Labute approximate surface area is 259 Å². The minimum atomic E-state index is -1.07. The number of benzene rings is 2. The van der Waals surface area contributed by atoms with Crippen LogP contribution in [0, 0.1) is 5.92 Å². The summed E-state index contributed by atoms with van der Waals surface area (Å²) in [4.78, 5) is 16.6.